The maximum Gasteiger partial charge on any atom is 1.00 e. The third kappa shape index (κ3) is 12.7. The van der Waals surface area contributed by atoms with Crippen LogP contribution in [-0.4, -0.2) is 50.7 Å². The van der Waals surface area contributed by atoms with Gasteiger partial charge in [-0.1, -0.05) is 30.4 Å². The number of hydrogen-bond donors (Lipinski definition) is 0. The van der Waals surface area contributed by atoms with Gasteiger partial charge in [0.15, 0.2) is 11.9 Å². The Hall–Kier alpha value is -3.10. The van der Waals surface area contributed by atoms with E-state index in [4.69, 9.17) is 19.5 Å². The van der Waals surface area contributed by atoms with Crippen LogP contribution in [0.15, 0.2) is 85.5 Å². The molecule has 5 rings (SSSR count). The van der Waals surface area contributed by atoms with Crippen LogP contribution < -0.4 is 68.9 Å². The second kappa shape index (κ2) is 21.6. The number of carbonyl (C=O) groups excluding carboxylic acids is 1. The number of halogens is 3. The van der Waals surface area contributed by atoms with E-state index in [1.165, 1.54) is 59.4 Å². The molecule has 13 nitrogen and oxygen atoms in total. The fraction of sp³-hybridized carbons (Fsp3) is 0.250. The Morgan fingerprint density at radius 3 is 2.38 bits per heavy atom. The molecule has 3 aromatic carbocycles. The molecule has 0 spiro atoms. The number of phosphoric acid groups is 1. The molecule has 0 aliphatic carbocycles. The van der Waals surface area contributed by atoms with Gasteiger partial charge in [-0.2, -0.15) is 15.6 Å². The molecular weight excluding hydrogens is 796 g/mol. The molecular formula is C36H29F3N5Na2O8PS. The van der Waals surface area contributed by atoms with Crippen LogP contribution in [0.3, 0.4) is 0 Å². The summed E-state index contributed by atoms with van der Waals surface area (Å²) >= 11 is 1.20. The van der Waals surface area contributed by atoms with Crippen molar-refractivity contribution in [1.29, 1.82) is 10.5 Å². The molecule has 1 saturated heterocycles. The Kier molecular flexibility index (Phi) is 18.2. The monoisotopic (exact) mass is 825 g/mol. The minimum atomic E-state index is -5.48. The van der Waals surface area contributed by atoms with Crippen molar-refractivity contribution >= 4 is 31.6 Å². The van der Waals surface area contributed by atoms with Crippen molar-refractivity contribution < 1.29 is 110 Å². The van der Waals surface area contributed by atoms with E-state index >= 15 is 4.39 Å². The molecule has 2 atom stereocenters. The zero-order valence-electron chi connectivity index (χ0n) is 30.2. The number of nitrogens with zero attached hydrogens (tertiary/aromatic N) is 5. The topological polar surface area (TPSA) is 195 Å². The molecule has 0 unspecified atom stereocenters. The number of thioether (sulfide) groups is 1. The average molecular weight is 826 g/mol. The zero-order chi connectivity index (χ0) is 38.9. The number of allylic oxidation sites excluding steroid dienone is 2. The third-order valence-corrected chi connectivity index (χ3v) is 9.98. The van der Waals surface area contributed by atoms with Crippen LogP contribution in [-0.2, 0) is 42.1 Å². The van der Waals surface area contributed by atoms with E-state index < -0.39 is 60.2 Å². The molecule has 4 aromatic rings. The van der Waals surface area contributed by atoms with Crippen LogP contribution in [0.2, 0.25) is 0 Å². The van der Waals surface area contributed by atoms with E-state index in [1.807, 2.05) is 12.1 Å². The molecule has 280 valence electrons. The van der Waals surface area contributed by atoms with Crippen molar-refractivity contribution in [3.05, 3.63) is 136 Å². The summed E-state index contributed by atoms with van der Waals surface area (Å²) in [6.45, 7) is 0.667. The number of benzene rings is 3. The fourth-order valence-corrected chi connectivity index (χ4v) is 7.11. The minimum Gasteiger partial charge on any atom is -0.790 e. The van der Waals surface area contributed by atoms with Crippen molar-refractivity contribution in [1.82, 2.24) is 14.8 Å². The first-order chi connectivity index (χ1) is 25.8. The van der Waals surface area contributed by atoms with Gasteiger partial charge in [-0.05, 0) is 55.0 Å². The first kappa shape index (κ1) is 47.3. The van der Waals surface area contributed by atoms with E-state index in [0.29, 0.717) is 6.07 Å². The summed E-state index contributed by atoms with van der Waals surface area (Å²) in [6.07, 6.45) is 8.02. The molecule has 1 aliphatic heterocycles. The SMILES string of the molecule is C[C@@H](S[C@H]1CO[C@H](/C=C/C=C/c2ccc(C#N)cc2F)OC1)[C@@](Cn1cncn1)(OC(=O)c1cc(C#N)ccc1COP(=O)([O-])[O-])c1ccc(F)cc1F.[Na+].[Na+]. The second-order valence-electron chi connectivity index (χ2n) is 11.7. The predicted octanol–water partition coefficient (Wildman–Crippen LogP) is -1.32. The number of carbonyl (C=O) groups is 1. The number of phosphoric ester groups is 1. The largest absolute Gasteiger partial charge is 1.00 e. The van der Waals surface area contributed by atoms with Crippen LogP contribution in [0.4, 0.5) is 13.2 Å². The Morgan fingerprint density at radius 2 is 1.75 bits per heavy atom. The van der Waals surface area contributed by atoms with Gasteiger partial charge in [-0.15, -0.1) is 11.8 Å². The molecule has 0 bridgehead atoms. The van der Waals surface area contributed by atoms with Gasteiger partial charge in [0.1, 0.15) is 30.1 Å². The van der Waals surface area contributed by atoms with Gasteiger partial charge in [-0.25, -0.2) is 27.6 Å². The molecule has 0 saturated carbocycles. The van der Waals surface area contributed by atoms with Crippen LogP contribution in [0.5, 0.6) is 0 Å². The quantitative estimate of drug-likeness (QED) is 0.0630. The number of nitriles is 2. The first-order valence-electron chi connectivity index (χ1n) is 15.9. The van der Waals surface area contributed by atoms with E-state index in [9.17, 15) is 33.2 Å². The minimum absolute atomic E-state index is 0. The van der Waals surface area contributed by atoms with E-state index in [0.717, 1.165) is 24.3 Å². The molecule has 1 aromatic heterocycles. The van der Waals surface area contributed by atoms with Crippen molar-refractivity contribution in [3.8, 4) is 12.1 Å². The summed E-state index contributed by atoms with van der Waals surface area (Å²) in [5, 5.41) is 21.3. The average Bonchev–Trinajstić information content (AvgIpc) is 3.66. The van der Waals surface area contributed by atoms with Gasteiger partial charge in [0.25, 0.3) is 0 Å². The van der Waals surface area contributed by atoms with Crippen LogP contribution >= 0.6 is 19.6 Å². The number of hydrogen-bond acceptors (Lipinski definition) is 13. The number of esters is 1. The van der Waals surface area contributed by atoms with Crippen molar-refractivity contribution in [2.75, 3.05) is 13.2 Å². The van der Waals surface area contributed by atoms with E-state index in [-0.39, 0.29) is 112 Å². The molecule has 1 fully saturated rings. The summed E-state index contributed by atoms with van der Waals surface area (Å²) in [5.41, 5.74) is -2.24. The predicted molar refractivity (Wildman–Crippen MR) is 183 cm³/mol. The second-order valence-corrected chi connectivity index (χ2v) is 14.5. The van der Waals surface area contributed by atoms with Gasteiger partial charge in [0.2, 0.25) is 0 Å². The molecule has 2 heterocycles. The first-order valence-corrected chi connectivity index (χ1v) is 18.3. The summed E-state index contributed by atoms with van der Waals surface area (Å²) < 4.78 is 79.1. The van der Waals surface area contributed by atoms with Crippen molar-refractivity contribution in [2.24, 2.45) is 0 Å². The van der Waals surface area contributed by atoms with Crippen molar-refractivity contribution in [2.45, 2.75) is 42.5 Å². The van der Waals surface area contributed by atoms with Crippen LogP contribution in [0, 0.1) is 40.1 Å². The number of ether oxygens (including phenoxy) is 3. The van der Waals surface area contributed by atoms with E-state index in [1.54, 1.807) is 25.2 Å². The summed E-state index contributed by atoms with van der Waals surface area (Å²) in [5.74, 6) is -3.66. The van der Waals surface area contributed by atoms with E-state index in [2.05, 4.69) is 14.6 Å². The van der Waals surface area contributed by atoms with Gasteiger partial charge in [-0.3, -0.25) is 0 Å². The fourth-order valence-electron chi connectivity index (χ4n) is 5.46. The normalized spacial score (nSPS) is 17.2. The smallest absolute Gasteiger partial charge is 0.790 e. The Balaban J connectivity index is 0.00000420. The molecule has 0 amide bonds. The molecule has 0 radical (unpaired) electrons. The summed E-state index contributed by atoms with van der Waals surface area (Å²) in [4.78, 5) is 40.5. The van der Waals surface area contributed by atoms with Gasteiger partial charge < -0.3 is 33.1 Å². The summed E-state index contributed by atoms with van der Waals surface area (Å²) in [7, 11) is -5.48. The van der Waals surface area contributed by atoms with Crippen molar-refractivity contribution in [3.63, 3.8) is 0 Å². The van der Waals surface area contributed by atoms with Gasteiger partial charge in [0, 0.05) is 22.4 Å². The van der Waals surface area contributed by atoms with Gasteiger partial charge in [0.05, 0.1) is 68.3 Å². The van der Waals surface area contributed by atoms with Crippen LogP contribution in [0.1, 0.15) is 45.1 Å². The maximum absolute atomic E-state index is 15.8. The Labute approximate surface area is 368 Å². The number of rotatable bonds is 14. The summed E-state index contributed by atoms with van der Waals surface area (Å²) in [6, 6.07) is 14.2. The standard InChI is InChI=1S/C36H31F3N5O8PS.2Na/c1-23(54-29-18-49-34(50-19-29)5-3-2-4-26-8-6-25(16-41)13-32(26)38)36(20-44-22-42-21-43-44,31-11-10-28(37)14-33(31)39)52-35(45)30-12-24(15-40)7-9-27(30)17-51-53(46,47)48;;/h2-14,21-23,29,34H,17-20H2,1H3,(H2,46,47,48);;/q;2*+1/p-2/b4-2+,5-3+;;/t23-,29-,34-,36-;;/m1../s1. The Bertz CT molecular complexity index is 2180. The molecule has 1 aliphatic rings. The number of aromatic nitrogens is 3. The molecule has 20 heteroatoms. The zero-order valence-corrected chi connectivity index (χ0v) is 35.9. The van der Waals surface area contributed by atoms with Gasteiger partial charge >= 0.3 is 65.1 Å². The molecule has 56 heavy (non-hydrogen) atoms. The third-order valence-electron chi connectivity index (χ3n) is 8.09. The maximum atomic E-state index is 15.8. The molecule has 0 N–H and O–H groups in total. The Morgan fingerprint density at radius 1 is 1.05 bits per heavy atom. The van der Waals surface area contributed by atoms with Crippen LogP contribution in [0.25, 0.3) is 6.08 Å².